The van der Waals surface area contributed by atoms with E-state index in [1.165, 1.54) is 11.1 Å². The van der Waals surface area contributed by atoms with Crippen molar-refractivity contribution in [2.24, 2.45) is 11.8 Å². The summed E-state index contributed by atoms with van der Waals surface area (Å²) in [5, 5.41) is 3.84. The second-order valence-electron chi connectivity index (χ2n) is 8.55. The van der Waals surface area contributed by atoms with Gasteiger partial charge in [0, 0.05) is 37.5 Å². The summed E-state index contributed by atoms with van der Waals surface area (Å²) >= 11 is 0. The number of nitrogens with zero attached hydrogens (tertiary/aromatic N) is 4. The number of hydrogen-bond donors (Lipinski definition) is 0. The van der Waals surface area contributed by atoms with Crippen LogP contribution in [0.15, 0.2) is 34.9 Å². The molecule has 2 fully saturated rings. The monoisotopic (exact) mass is 396 g/mol. The lowest BCUT2D eigenvalue weighted by Gasteiger charge is -2.31. The number of amides is 2. The molecule has 7 nitrogen and oxygen atoms in total. The third-order valence-electron chi connectivity index (χ3n) is 6.07. The molecule has 1 aromatic heterocycles. The first-order valence-electron chi connectivity index (χ1n) is 10.1. The Morgan fingerprint density at radius 2 is 1.93 bits per heavy atom. The van der Waals surface area contributed by atoms with E-state index in [1.807, 2.05) is 40.9 Å². The van der Waals surface area contributed by atoms with E-state index in [2.05, 4.69) is 24.2 Å². The predicted molar refractivity (Wildman–Crippen MR) is 108 cm³/mol. The van der Waals surface area contributed by atoms with E-state index in [4.69, 9.17) is 4.52 Å². The third kappa shape index (κ3) is 3.67. The molecule has 0 aliphatic carbocycles. The molecule has 3 heterocycles. The number of likely N-dealkylation sites (tertiary alicyclic amines) is 2. The quantitative estimate of drug-likeness (QED) is 0.792. The summed E-state index contributed by atoms with van der Waals surface area (Å²) in [6.07, 6.45) is 0. The van der Waals surface area contributed by atoms with Gasteiger partial charge < -0.3 is 19.2 Å². The van der Waals surface area contributed by atoms with Gasteiger partial charge in [-0.15, -0.1) is 0 Å². The summed E-state index contributed by atoms with van der Waals surface area (Å²) < 4.78 is 5.18. The number of benzene rings is 1. The summed E-state index contributed by atoms with van der Waals surface area (Å²) in [5.41, 5.74) is 3.05. The van der Waals surface area contributed by atoms with Crippen LogP contribution in [0, 0.1) is 25.7 Å². The Kier molecular flexibility index (Phi) is 5.17. The maximum absolute atomic E-state index is 13.0. The highest BCUT2D eigenvalue weighted by Gasteiger charge is 2.50. The molecule has 0 unspecified atom stereocenters. The van der Waals surface area contributed by atoms with Crippen molar-refractivity contribution in [3.8, 4) is 0 Å². The Morgan fingerprint density at radius 3 is 2.59 bits per heavy atom. The van der Waals surface area contributed by atoms with Crippen LogP contribution < -0.4 is 0 Å². The maximum Gasteiger partial charge on any atom is 0.292 e. The lowest BCUT2D eigenvalue weighted by molar-refractivity contribution is -0.133. The van der Waals surface area contributed by atoms with Gasteiger partial charge >= 0.3 is 0 Å². The minimum absolute atomic E-state index is 0.0112. The van der Waals surface area contributed by atoms with Crippen molar-refractivity contribution >= 4 is 11.8 Å². The first-order valence-corrected chi connectivity index (χ1v) is 10.1. The van der Waals surface area contributed by atoms with Crippen LogP contribution in [0.25, 0.3) is 0 Å². The predicted octanol–water partition coefficient (Wildman–Crippen LogP) is 2.12. The lowest BCUT2D eigenvalue weighted by Crippen LogP contribution is -2.41. The molecule has 2 amide bonds. The van der Waals surface area contributed by atoms with E-state index >= 15 is 0 Å². The zero-order chi connectivity index (χ0) is 20.7. The van der Waals surface area contributed by atoms with Gasteiger partial charge in [-0.05, 0) is 39.1 Å². The van der Waals surface area contributed by atoms with Crippen molar-refractivity contribution in [2.45, 2.75) is 19.9 Å². The van der Waals surface area contributed by atoms with Crippen LogP contribution in [0.1, 0.15) is 33.4 Å². The topological polar surface area (TPSA) is 69.9 Å². The molecule has 4 rings (SSSR count). The van der Waals surface area contributed by atoms with Crippen LogP contribution in [0.5, 0.6) is 0 Å². The van der Waals surface area contributed by atoms with Crippen molar-refractivity contribution in [1.82, 2.24) is 19.9 Å². The van der Waals surface area contributed by atoms with E-state index in [0.29, 0.717) is 31.9 Å². The highest BCUT2D eigenvalue weighted by molar-refractivity contribution is 5.91. The molecule has 1 aromatic carbocycles. The van der Waals surface area contributed by atoms with Gasteiger partial charge in [0.25, 0.3) is 5.91 Å². The van der Waals surface area contributed by atoms with Crippen molar-refractivity contribution in [3.63, 3.8) is 0 Å². The number of hydrogen-bond acceptors (Lipinski definition) is 5. The van der Waals surface area contributed by atoms with Crippen molar-refractivity contribution < 1.29 is 14.1 Å². The molecule has 3 atom stereocenters. The number of aryl methyl sites for hydroxylation is 2. The van der Waals surface area contributed by atoms with Crippen LogP contribution in [-0.2, 0) is 4.79 Å². The minimum atomic E-state index is -0.116. The summed E-state index contributed by atoms with van der Waals surface area (Å²) in [4.78, 5) is 31.7. The zero-order valence-electron chi connectivity index (χ0n) is 17.5. The van der Waals surface area contributed by atoms with Gasteiger partial charge in [0.15, 0.2) is 0 Å². The summed E-state index contributed by atoms with van der Waals surface area (Å²) in [6, 6.07) is 9.92. The van der Waals surface area contributed by atoms with Crippen molar-refractivity contribution in [3.05, 3.63) is 52.9 Å². The van der Waals surface area contributed by atoms with E-state index in [1.54, 1.807) is 13.0 Å². The van der Waals surface area contributed by atoms with Crippen molar-refractivity contribution in [1.29, 1.82) is 0 Å². The summed E-state index contributed by atoms with van der Waals surface area (Å²) in [5.74, 6) is 0.792. The van der Waals surface area contributed by atoms with Crippen LogP contribution in [0.3, 0.4) is 0 Å². The molecular formula is C22H28N4O3. The molecule has 2 saturated heterocycles. The highest BCUT2D eigenvalue weighted by atomic mass is 16.5. The standard InChI is InChI=1S/C22H28N4O3/c1-14-7-5-6-8-17(14)21-18-12-25(22(28)19-9-15(2)23-29-19)10-16(18)11-26(21)20(27)13-24(3)4/h5-9,16,18,21H,10-13H2,1-4H3/t16-,18-,21+/m1/s1. The maximum atomic E-state index is 13.0. The second kappa shape index (κ2) is 7.63. The average Bonchev–Trinajstić information content (AvgIpc) is 3.35. The Hall–Kier alpha value is -2.67. The molecule has 2 aromatic rings. The first-order chi connectivity index (χ1) is 13.8. The fourth-order valence-corrected chi connectivity index (χ4v) is 4.77. The van der Waals surface area contributed by atoms with Gasteiger partial charge in [-0.1, -0.05) is 29.4 Å². The van der Waals surface area contributed by atoms with Gasteiger partial charge in [0.1, 0.15) is 0 Å². The van der Waals surface area contributed by atoms with Crippen LogP contribution >= 0.6 is 0 Å². The Morgan fingerprint density at radius 1 is 1.17 bits per heavy atom. The van der Waals surface area contributed by atoms with E-state index < -0.39 is 0 Å². The van der Waals surface area contributed by atoms with E-state index in [-0.39, 0.29) is 35.5 Å². The van der Waals surface area contributed by atoms with Crippen molar-refractivity contribution in [2.75, 3.05) is 40.3 Å². The van der Waals surface area contributed by atoms with E-state index in [9.17, 15) is 9.59 Å². The summed E-state index contributed by atoms with van der Waals surface area (Å²) in [7, 11) is 3.83. The average molecular weight is 396 g/mol. The minimum Gasteiger partial charge on any atom is -0.351 e. The molecule has 0 spiro atoms. The Bertz CT molecular complexity index is 922. The van der Waals surface area contributed by atoms with Gasteiger partial charge in [-0.3, -0.25) is 9.59 Å². The third-order valence-corrected chi connectivity index (χ3v) is 6.07. The molecule has 29 heavy (non-hydrogen) atoms. The lowest BCUT2D eigenvalue weighted by atomic mass is 9.87. The molecule has 7 heteroatoms. The van der Waals surface area contributed by atoms with Crippen LogP contribution in [0.2, 0.25) is 0 Å². The largest absolute Gasteiger partial charge is 0.351 e. The fraction of sp³-hybridized carbons (Fsp3) is 0.500. The molecular weight excluding hydrogens is 368 g/mol. The normalized spacial score (nSPS) is 23.7. The number of aromatic nitrogens is 1. The number of fused-ring (bicyclic) bond motifs is 1. The van der Waals surface area contributed by atoms with Crippen LogP contribution in [-0.4, -0.2) is 71.9 Å². The Labute approximate surface area is 171 Å². The number of likely N-dealkylation sites (N-methyl/N-ethyl adjacent to an activating group) is 1. The van der Waals surface area contributed by atoms with Crippen LogP contribution in [0.4, 0.5) is 0 Å². The highest BCUT2D eigenvalue weighted by Crippen LogP contribution is 2.46. The number of carbonyl (C=O) groups excluding carboxylic acids is 2. The number of carbonyl (C=O) groups is 2. The number of rotatable bonds is 4. The van der Waals surface area contributed by atoms with Gasteiger partial charge in [0.2, 0.25) is 11.7 Å². The second-order valence-corrected chi connectivity index (χ2v) is 8.55. The molecule has 0 bridgehead atoms. The van der Waals surface area contributed by atoms with Gasteiger partial charge in [0.05, 0.1) is 18.3 Å². The molecule has 2 aliphatic heterocycles. The van der Waals surface area contributed by atoms with Gasteiger partial charge in [-0.2, -0.15) is 0 Å². The smallest absolute Gasteiger partial charge is 0.292 e. The molecule has 0 saturated carbocycles. The molecule has 154 valence electrons. The molecule has 0 radical (unpaired) electrons. The SMILES string of the molecule is Cc1cc(C(=O)N2C[C@@H]3CN(C(=O)CN(C)C)[C@@H](c4ccccc4C)[C@@H]3C2)on1. The van der Waals surface area contributed by atoms with Gasteiger partial charge in [-0.25, -0.2) is 0 Å². The first kappa shape index (κ1) is 19.6. The van der Waals surface area contributed by atoms with E-state index in [0.717, 1.165) is 0 Å². The summed E-state index contributed by atoms with van der Waals surface area (Å²) in [6.45, 7) is 6.22. The zero-order valence-corrected chi connectivity index (χ0v) is 17.5. The molecule has 2 aliphatic rings. The molecule has 0 N–H and O–H groups in total. The Balaban J connectivity index is 1.61. The fourth-order valence-electron chi connectivity index (χ4n) is 4.77.